The summed E-state index contributed by atoms with van der Waals surface area (Å²) in [5, 5.41) is 0. The fourth-order valence-corrected chi connectivity index (χ4v) is 12.4. The second-order valence-electron chi connectivity index (χ2n) is 29.5. The summed E-state index contributed by atoms with van der Waals surface area (Å²) in [5.74, 6) is -0.799. The average molecular weight is 1490 g/mol. The maximum absolute atomic E-state index is 12.9. The first kappa shape index (κ1) is 101. The molecule has 10 heteroatoms. The van der Waals surface area contributed by atoms with Crippen LogP contribution in [0, 0.1) is 0 Å². The molecule has 2 atom stereocenters. The van der Waals surface area contributed by atoms with Crippen molar-refractivity contribution in [3.8, 4) is 0 Å². The molecule has 0 aliphatic rings. The number of likely N-dealkylation sites (N-methyl/N-ethyl adjacent to an activating group) is 1. The van der Waals surface area contributed by atoms with Gasteiger partial charge in [-0.1, -0.05) is 388 Å². The van der Waals surface area contributed by atoms with Crippen LogP contribution in [0.15, 0.2) is 194 Å². The Morgan fingerprint density at radius 3 is 0.755 bits per heavy atom. The van der Waals surface area contributed by atoms with Crippen molar-refractivity contribution < 1.29 is 42.1 Å². The molecule has 0 aromatic heterocycles. The van der Waals surface area contributed by atoms with Gasteiger partial charge in [0.1, 0.15) is 19.8 Å². The minimum Gasteiger partial charge on any atom is -0.462 e. The van der Waals surface area contributed by atoms with E-state index in [2.05, 4.69) is 208 Å². The minimum atomic E-state index is -4.41. The molecular weight excluding hydrogens is 1330 g/mol. The van der Waals surface area contributed by atoms with Crippen LogP contribution in [0.5, 0.6) is 0 Å². The number of ether oxygens (including phenoxy) is 2. The third-order valence-electron chi connectivity index (χ3n) is 18.1. The summed E-state index contributed by atoms with van der Waals surface area (Å²) >= 11 is 0. The zero-order valence-electron chi connectivity index (χ0n) is 68.8. The van der Waals surface area contributed by atoms with Crippen molar-refractivity contribution in [1.29, 1.82) is 0 Å². The van der Waals surface area contributed by atoms with E-state index in [1.165, 1.54) is 167 Å². The van der Waals surface area contributed by atoms with Crippen molar-refractivity contribution in [2.24, 2.45) is 0 Å². The second kappa shape index (κ2) is 83.9. The van der Waals surface area contributed by atoms with Crippen LogP contribution < -0.4 is 0 Å². The molecule has 0 amide bonds. The summed E-state index contributed by atoms with van der Waals surface area (Å²) in [6.07, 6.45) is 130. The van der Waals surface area contributed by atoms with E-state index in [0.717, 1.165) is 148 Å². The van der Waals surface area contributed by atoms with E-state index >= 15 is 0 Å². The van der Waals surface area contributed by atoms with Gasteiger partial charge in [-0.15, -0.1) is 0 Å². The number of phosphoric ester groups is 1. The lowest BCUT2D eigenvalue weighted by atomic mass is 10.0. The Bertz CT molecular complexity index is 2510. The molecule has 106 heavy (non-hydrogen) atoms. The highest BCUT2D eigenvalue weighted by molar-refractivity contribution is 7.47. The Balaban J connectivity index is 3.99. The first-order valence-electron chi connectivity index (χ1n) is 43.2. The third-order valence-corrected chi connectivity index (χ3v) is 19.1. The molecule has 0 aliphatic carbocycles. The van der Waals surface area contributed by atoms with Crippen molar-refractivity contribution in [1.82, 2.24) is 0 Å². The number of quaternary nitrogens is 1. The van der Waals surface area contributed by atoms with E-state index in [4.69, 9.17) is 18.5 Å². The molecule has 0 aliphatic heterocycles. The van der Waals surface area contributed by atoms with E-state index in [1.54, 1.807) is 0 Å². The predicted molar refractivity (Wildman–Crippen MR) is 463 cm³/mol. The number of allylic oxidation sites excluding steroid dienone is 32. The number of nitrogens with zero attached hydrogens (tertiary/aromatic N) is 1. The van der Waals surface area contributed by atoms with E-state index < -0.39 is 26.5 Å². The molecule has 602 valence electrons. The Labute approximate surface area is 653 Å². The van der Waals surface area contributed by atoms with Crippen LogP contribution in [-0.2, 0) is 32.7 Å². The zero-order valence-corrected chi connectivity index (χ0v) is 69.7. The normalized spacial score (nSPS) is 14.0. The van der Waals surface area contributed by atoms with Crippen LogP contribution in [0.1, 0.15) is 348 Å². The summed E-state index contributed by atoms with van der Waals surface area (Å²) in [4.78, 5) is 36.1. The van der Waals surface area contributed by atoms with E-state index in [0.29, 0.717) is 17.4 Å². The van der Waals surface area contributed by atoms with Gasteiger partial charge in [-0.3, -0.25) is 18.6 Å². The molecule has 0 fully saturated rings. The van der Waals surface area contributed by atoms with Gasteiger partial charge in [0.25, 0.3) is 0 Å². The number of hydrogen-bond acceptors (Lipinski definition) is 7. The third kappa shape index (κ3) is 87.8. The number of unbranched alkanes of at least 4 members (excludes halogenated alkanes) is 32. The average Bonchev–Trinajstić information content (AvgIpc) is 0.908. The second-order valence-corrected chi connectivity index (χ2v) is 30.9. The Hall–Kier alpha value is -5.15. The predicted octanol–water partition coefficient (Wildman–Crippen LogP) is 29.5. The van der Waals surface area contributed by atoms with Gasteiger partial charge >= 0.3 is 19.8 Å². The quantitative estimate of drug-likeness (QED) is 0.0211. The number of phosphoric acid groups is 1. The maximum atomic E-state index is 12.9. The summed E-state index contributed by atoms with van der Waals surface area (Å²) in [6, 6.07) is 0. The van der Waals surface area contributed by atoms with Gasteiger partial charge in [0, 0.05) is 12.8 Å². The van der Waals surface area contributed by atoms with Gasteiger partial charge < -0.3 is 18.9 Å². The molecule has 0 aromatic carbocycles. The number of rotatable bonds is 78. The Morgan fingerprint density at radius 1 is 0.292 bits per heavy atom. The topological polar surface area (TPSA) is 108 Å². The van der Waals surface area contributed by atoms with Crippen molar-refractivity contribution in [3.05, 3.63) is 194 Å². The lowest BCUT2D eigenvalue weighted by Gasteiger charge is -2.24. The summed E-state index contributed by atoms with van der Waals surface area (Å²) < 4.78 is 34.9. The molecule has 0 saturated carbocycles. The van der Waals surface area contributed by atoms with Crippen molar-refractivity contribution >= 4 is 19.8 Å². The molecule has 0 saturated heterocycles. The SMILES string of the molecule is CC/C=C\C/C=C\C/C=C\C/C=C\C/C=C\C/C=C\C/C=C\C/C=C\C/C=C\C/C=C\CCCCCCCCCCCCC(=O)OC(COC(=O)CCCCCCCCCCCCCCCCCCCCCCCC/C=C\C/C=C\C/C=C\C/C=C\C/C=C\C/C=C\CC)COP(=O)(O)OCC[N+](C)(C)C. The summed E-state index contributed by atoms with van der Waals surface area (Å²) in [7, 11) is 1.47. The molecule has 0 aromatic rings. The highest BCUT2D eigenvalue weighted by atomic mass is 31.2. The number of hydrogen-bond donors (Lipinski definition) is 1. The molecule has 0 heterocycles. The lowest BCUT2D eigenvalue weighted by Crippen LogP contribution is -2.37. The van der Waals surface area contributed by atoms with Gasteiger partial charge in [-0.05, 0) is 141 Å². The van der Waals surface area contributed by atoms with Crippen LogP contribution in [0.25, 0.3) is 0 Å². The van der Waals surface area contributed by atoms with E-state index in [9.17, 15) is 19.0 Å². The highest BCUT2D eigenvalue weighted by Crippen LogP contribution is 2.43. The maximum Gasteiger partial charge on any atom is 0.472 e. The van der Waals surface area contributed by atoms with Crippen LogP contribution in [0.3, 0.4) is 0 Å². The summed E-state index contributed by atoms with van der Waals surface area (Å²) in [5.41, 5.74) is 0. The van der Waals surface area contributed by atoms with Gasteiger partial charge in [0.15, 0.2) is 6.10 Å². The first-order chi connectivity index (χ1) is 52.0. The van der Waals surface area contributed by atoms with E-state index in [1.807, 2.05) is 21.1 Å². The molecule has 0 rings (SSSR count). The van der Waals surface area contributed by atoms with E-state index in [-0.39, 0.29) is 32.0 Å². The molecular formula is C96H161NO8P+. The van der Waals surface area contributed by atoms with Gasteiger partial charge in [-0.2, -0.15) is 0 Å². The van der Waals surface area contributed by atoms with Crippen LogP contribution in [0.4, 0.5) is 0 Å². The fourth-order valence-electron chi connectivity index (χ4n) is 11.6. The van der Waals surface area contributed by atoms with Gasteiger partial charge in [-0.25, -0.2) is 4.57 Å². The van der Waals surface area contributed by atoms with Crippen molar-refractivity contribution in [2.75, 3.05) is 47.5 Å². The molecule has 0 spiro atoms. The summed E-state index contributed by atoms with van der Waals surface area (Å²) in [6.45, 7) is 4.22. The molecule has 1 N–H and O–H groups in total. The fraction of sp³-hybridized carbons (Fsp3) is 0.646. The number of carbonyl (C=O) groups is 2. The standard InChI is InChI=1S/C96H160NO8P/c1-6-8-10-12-14-16-18-20-22-24-26-28-30-32-34-36-38-40-42-44-46-48-50-52-54-56-58-60-62-64-66-68-70-72-74-76-78-80-82-84-86-88-95(98)102-92-94(93-104-106(100,101)103-91-90-97(3,4)5)105-96(99)89-87-85-83-81-79-77-75-73-71-69-67-65-63-61-59-57-55-53-51-49-47-45-43-41-39-37-35-33-31-29-27-25-23-21-19-17-15-13-11-9-7-2/h8-11,14-17,20-23,26-29,32-35,38-41,45,47,51,53,57,59,63,65,94H,6-7,12-13,18-19,24-25,30-31,36-37,42-44,46,48-50,52,54-56,58,60-62,64,66-93H2,1-5H3/p+1/b10-8-,11-9-,16-14-,17-15-,22-20-,23-21-,28-26-,29-27-,34-32-,35-33-,40-38-,41-39-,47-45-,53-51-,59-57-,65-63-. The number of carbonyl (C=O) groups excluding carboxylic acids is 2. The number of esters is 2. The lowest BCUT2D eigenvalue weighted by molar-refractivity contribution is -0.870. The largest absolute Gasteiger partial charge is 0.472 e. The molecule has 2 unspecified atom stereocenters. The smallest absolute Gasteiger partial charge is 0.462 e. The molecule has 0 bridgehead atoms. The first-order valence-corrected chi connectivity index (χ1v) is 44.7. The monoisotopic (exact) mass is 1490 g/mol. The van der Waals surface area contributed by atoms with Crippen molar-refractivity contribution in [3.63, 3.8) is 0 Å². The van der Waals surface area contributed by atoms with Crippen LogP contribution in [-0.4, -0.2) is 74.9 Å². The Morgan fingerprint density at radius 2 is 0.509 bits per heavy atom. The minimum absolute atomic E-state index is 0.0245. The van der Waals surface area contributed by atoms with Crippen LogP contribution in [0.2, 0.25) is 0 Å². The molecule has 0 radical (unpaired) electrons. The van der Waals surface area contributed by atoms with Crippen molar-refractivity contribution in [2.45, 2.75) is 354 Å². The Kier molecular flexibility index (Phi) is 79.8. The van der Waals surface area contributed by atoms with Gasteiger partial charge in [0.2, 0.25) is 0 Å². The highest BCUT2D eigenvalue weighted by Gasteiger charge is 2.27. The zero-order chi connectivity index (χ0) is 76.8. The van der Waals surface area contributed by atoms with Gasteiger partial charge in [0.05, 0.1) is 27.7 Å². The van der Waals surface area contributed by atoms with Crippen LogP contribution >= 0.6 is 7.82 Å². The molecule has 9 nitrogen and oxygen atoms in total.